The number of para-hydroxylation sites is 1. The number of carbonyl (C=O) groups excluding carboxylic acids is 1. The van der Waals surface area contributed by atoms with Crippen LogP contribution in [0.2, 0.25) is 0 Å². The van der Waals surface area contributed by atoms with E-state index < -0.39 is 0 Å². The molecule has 1 aromatic heterocycles. The van der Waals surface area contributed by atoms with Gasteiger partial charge in [-0.1, -0.05) is 24.3 Å². The van der Waals surface area contributed by atoms with Crippen LogP contribution in [-0.2, 0) is 11.3 Å². The van der Waals surface area contributed by atoms with Gasteiger partial charge in [-0.15, -0.1) is 0 Å². The number of amides is 1. The molecule has 1 heterocycles. The maximum Gasteiger partial charge on any atom is 0.243 e. The van der Waals surface area contributed by atoms with Crippen molar-refractivity contribution in [1.29, 1.82) is 0 Å². The Kier molecular flexibility index (Phi) is 5.71. The van der Waals surface area contributed by atoms with Crippen molar-refractivity contribution in [3.05, 3.63) is 59.4 Å². The third kappa shape index (κ3) is 4.79. The highest BCUT2D eigenvalue weighted by Crippen LogP contribution is 2.16. The van der Waals surface area contributed by atoms with Gasteiger partial charge in [0.25, 0.3) is 0 Å². The number of nitrogens with zero attached hydrogens (tertiary/aromatic N) is 3. The van der Waals surface area contributed by atoms with Crippen molar-refractivity contribution < 1.29 is 4.79 Å². The highest BCUT2D eigenvalue weighted by molar-refractivity contribution is 5.87. The van der Waals surface area contributed by atoms with Crippen molar-refractivity contribution in [3.8, 4) is 5.69 Å². The SMILES string of the molecule is Cc1cc(C)n(-c2ccccc2CNC(=O)/C=C/CN(C)C)n1. The minimum atomic E-state index is -0.0879. The molecule has 0 aliphatic rings. The van der Waals surface area contributed by atoms with E-state index >= 15 is 0 Å². The van der Waals surface area contributed by atoms with Crippen LogP contribution in [0.3, 0.4) is 0 Å². The number of hydrogen-bond acceptors (Lipinski definition) is 3. The van der Waals surface area contributed by atoms with E-state index in [0.717, 1.165) is 29.2 Å². The molecule has 5 heteroatoms. The van der Waals surface area contributed by atoms with E-state index in [1.165, 1.54) is 0 Å². The number of carbonyl (C=O) groups is 1. The fraction of sp³-hybridized carbons (Fsp3) is 0.333. The largest absolute Gasteiger partial charge is 0.348 e. The van der Waals surface area contributed by atoms with Gasteiger partial charge in [-0.3, -0.25) is 4.79 Å². The predicted octanol–water partition coefficient (Wildman–Crippen LogP) is 2.22. The summed E-state index contributed by atoms with van der Waals surface area (Å²) in [6.07, 6.45) is 3.42. The Morgan fingerprint density at radius 2 is 2.04 bits per heavy atom. The second kappa shape index (κ2) is 7.74. The summed E-state index contributed by atoms with van der Waals surface area (Å²) in [7, 11) is 3.93. The van der Waals surface area contributed by atoms with E-state index in [2.05, 4.69) is 10.4 Å². The minimum Gasteiger partial charge on any atom is -0.348 e. The van der Waals surface area contributed by atoms with Crippen LogP contribution in [0.4, 0.5) is 0 Å². The number of aryl methyl sites for hydroxylation is 2. The Morgan fingerprint density at radius 3 is 2.70 bits per heavy atom. The second-order valence-corrected chi connectivity index (χ2v) is 5.85. The third-order valence-corrected chi connectivity index (χ3v) is 3.42. The van der Waals surface area contributed by atoms with Gasteiger partial charge in [-0.2, -0.15) is 5.10 Å². The van der Waals surface area contributed by atoms with Crippen molar-refractivity contribution in [2.24, 2.45) is 0 Å². The lowest BCUT2D eigenvalue weighted by atomic mass is 10.1. The predicted molar refractivity (Wildman–Crippen MR) is 92.6 cm³/mol. The molecule has 1 aromatic carbocycles. The van der Waals surface area contributed by atoms with Crippen LogP contribution < -0.4 is 5.32 Å². The van der Waals surface area contributed by atoms with Crippen LogP contribution in [0.15, 0.2) is 42.5 Å². The molecule has 5 nitrogen and oxygen atoms in total. The molecule has 0 bridgehead atoms. The zero-order valence-electron chi connectivity index (χ0n) is 14.2. The fourth-order valence-corrected chi connectivity index (χ4v) is 2.35. The number of rotatable bonds is 6. The molecule has 0 atom stereocenters. The Hall–Kier alpha value is -2.40. The molecular weight excluding hydrogens is 288 g/mol. The summed E-state index contributed by atoms with van der Waals surface area (Å²) < 4.78 is 1.92. The average molecular weight is 312 g/mol. The van der Waals surface area contributed by atoms with Gasteiger partial charge in [0.2, 0.25) is 5.91 Å². The molecular formula is C18H24N4O. The van der Waals surface area contributed by atoms with Crippen molar-refractivity contribution >= 4 is 5.91 Å². The van der Waals surface area contributed by atoms with Gasteiger partial charge in [0.1, 0.15) is 0 Å². The lowest BCUT2D eigenvalue weighted by Crippen LogP contribution is -2.22. The number of aromatic nitrogens is 2. The lowest BCUT2D eigenvalue weighted by molar-refractivity contribution is -0.116. The number of likely N-dealkylation sites (N-methyl/N-ethyl adjacent to an activating group) is 1. The summed E-state index contributed by atoms with van der Waals surface area (Å²) in [5.74, 6) is -0.0879. The van der Waals surface area contributed by atoms with Crippen LogP contribution in [0.25, 0.3) is 5.69 Å². The van der Waals surface area contributed by atoms with Crippen molar-refractivity contribution in [2.75, 3.05) is 20.6 Å². The van der Waals surface area contributed by atoms with Crippen LogP contribution in [0, 0.1) is 13.8 Å². The molecule has 0 unspecified atom stereocenters. The smallest absolute Gasteiger partial charge is 0.243 e. The van der Waals surface area contributed by atoms with Gasteiger partial charge >= 0.3 is 0 Å². The first-order valence-electron chi connectivity index (χ1n) is 7.68. The number of benzene rings is 1. The Morgan fingerprint density at radius 1 is 1.30 bits per heavy atom. The summed E-state index contributed by atoms with van der Waals surface area (Å²) in [5, 5.41) is 7.45. The molecule has 0 radical (unpaired) electrons. The number of hydrogen-bond donors (Lipinski definition) is 1. The molecule has 0 fully saturated rings. The van der Waals surface area contributed by atoms with Crippen molar-refractivity contribution in [2.45, 2.75) is 20.4 Å². The van der Waals surface area contributed by atoms with E-state index in [9.17, 15) is 4.79 Å². The molecule has 23 heavy (non-hydrogen) atoms. The first-order chi connectivity index (χ1) is 11.0. The topological polar surface area (TPSA) is 50.2 Å². The van der Waals surface area contributed by atoms with E-state index in [0.29, 0.717) is 6.54 Å². The molecule has 1 amide bonds. The van der Waals surface area contributed by atoms with Crippen LogP contribution in [0.1, 0.15) is 17.0 Å². The van der Waals surface area contributed by atoms with E-state index in [1.807, 2.05) is 73.9 Å². The zero-order valence-corrected chi connectivity index (χ0v) is 14.2. The third-order valence-electron chi connectivity index (χ3n) is 3.42. The van der Waals surface area contributed by atoms with Gasteiger partial charge in [-0.05, 0) is 45.6 Å². The van der Waals surface area contributed by atoms with Gasteiger partial charge in [0.15, 0.2) is 0 Å². The van der Waals surface area contributed by atoms with E-state index in [4.69, 9.17) is 0 Å². The Bertz CT molecular complexity index is 701. The molecule has 2 rings (SSSR count). The molecule has 0 aliphatic carbocycles. The summed E-state index contributed by atoms with van der Waals surface area (Å²) in [4.78, 5) is 13.9. The average Bonchev–Trinajstić information content (AvgIpc) is 2.83. The lowest BCUT2D eigenvalue weighted by Gasteiger charge is -2.11. The number of nitrogens with one attached hydrogen (secondary N) is 1. The van der Waals surface area contributed by atoms with Gasteiger partial charge in [0, 0.05) is 24.9 Å². The van der Waals surface area contributed by atoms with Crippen molar-refractivity contribution in [3.63, 3.8) is 0 Å². The first-order valence-corrected chi connectivity index (χ1v) is 7.68. The second-order valence-electron chi connectivity index (χ2n) is 5.85. The fourth-order valence-electron chi connectivity index (χ4n) is 2.35. The molecule has 122 valence electrons. The maximum atomic E-state index is 11.9. The maximum absolute atomic E-state index is 11.9. The van der Waals surface area contributed by atoms with Gasteiger partial charge < -0.3 is 10.2 Å². The van der Waals surface area contributed by atoms with E-state index in [1.54, 1.807) is 6.08 Å². The zero-order chi connectivity index (χ0) is 16.8. The van der Waals surface area contributed by atoms with Crippen LogP contribution in [0.5, 0.6) is 0 Å². The summed E-state index contributed by atoms with van der Waals surface area (Å²) in [5.41, 5.74) is 4.09. The summed E-state index contributed by atoms with van der Waals surface area (Å²) >= 11 is 0. The van der Waals surface area contributed by atoms with Gasteiger partial charge in [0.05, 0.1) is 11.4 Å². The molecule has 0 saturated heterocycles. The molecule has 0 spiro atoms. The van der Waals surface area contributed by atoms with Gasteiger partial charge in [-0.25, -0.2) is 4.68 Å². The van der Waals surface area contributed by atoms with Crippen LogP contribution >= 0.6 is 0 Å². The molecule has 0 aliphatic heterocycles. The summed E-state index contributed by atoms with van der Waals surface area (Å²) in [6.45, 7) is 5.22. The highest BCUT2D eigenvalue weighted by Gasteiger charge is 2.09. The highest BCUT2D eigenvalue weighted by atomic mass is 16.1. The van der Waals surface area contributed by atoms with Crippen LogP contribution in [-0.4, -0.2) is 41.2 Å². The van der Waals surface area contributed by atoms with E-state index in [-0.39, 0.29) is 5.91 Å². The normalized spacial score (nSPS) is 11.3. The molecule has 1 N–H and O–H groups in total. The summed E-state index contributed by atoms with van der Waals surface area (Å²) in [6, 6.07) is 10.0. The standard InChI is InChI=1S/C18H24N4O/c1-14-12-15(2)22(20-14)17-9-6-5-8-16(17)13-19-18(23)10-7-11-21(3)4/h5-10,12H,11,13H2,1-4H3,(H,19,23)/b10-7+. The quantitative estimate of drug-likeness (QED) is 0.832. The molecule has 2 aromatic rings. The Balaban J connectivity index is 2.08. The first kappa shape index (κ1) is 17.0. The van der Waals surface area contributed by atoms with Crippen molar-refractivity contribution in [1.82, 2.24) is 20.0 Å². The minimum absolute atomic E-state index is 0.0879. The monoisotopic (exact) mass is 312 g/mol. The molecule has 0 saturated carbocycles. The Labute approximate surface area is 137 Å².